The molecule has 1 aromatic heterocycles. The largest absolute Gasteiger partial charge is 0.328 e. The summed E-state index contributed by atoms with van der Waals surface area (Å²) < 4.78 is 0. The first kappa shape index (κ1) is 12.1. The van der Waals surface area contributed by atoms with Crippen LogP contribution >= 0.6 is 23.6 Å². The molecule has 0 atom stereocenters. The fourth-order valence-corrected chi connectivity index (χ4v) is 2.97. The van der Waals surface area contributed by atoms with Crippen LogP contribution in [0.15, 0.2) is 48.2 Å². The predicted octanol–water partition coefficient (Wildman–Crippen LogP) is 2.76. The Labute approximate surface area is 120 Å². The lowest BCUT2D eigenvalue weighted by atomic mass is 10.2. The first-order valence-corrected chi connectivity index (χ1v) is 6.94. The Morgan fingerprint density at radius 1 is 1.05 bits per heavy atom. The lowest BCUT2D eigenvalue weighted by Crippen LogP contribution is -2.21. The number of carbonyl (C=O) groups is 1. The first-order chi connectivity index (χ1) is 9.22. The van der Waals surface area contributed by atoms with Crippen molar-refractivity contribution >= 4 is 40.7 Å². The van der Waals surface area contributed by atoms with Crippen LogP contribution in [0.4, 0.5) is 0 Å². The van der Waals surface area contributed by atoms with Crippen LogP contribution in [0.25, 0.3) is 16.5 Å². The molecule has 2 aromatic rings. The van der Waals surface area contributed by atoms with Crippen molar-refractivity contribution in [3.8, 4) is 10.4 Å². The van der Waals surface area contributed by atoms with Gasteiger partial charge in [0.2, 0.25) is 0 Å². The standard InChI is InChI=1S/C14H10N2OS2/c17-13-11(15-14(18)16-13)8-10-6-7-12(19-10)9-4-2-1-3-5-9/h1-8H,(H2,15,16,17,18)/b11-8+. The highest BCUT2D eigenvalue weighted by Crippen LogP contribution is 2.29. The van der Waals surface area contributed by atoms with Crippen molar-refractivity contribution < 1.29 is 4.79 Å². The maximum atomic E-state index is 11.5. The van der Waals surface area contributed by atoms with Gasteiger partial charge in [-0.15, -0.1) is 11.3 Å². The van der Waals surface area contributed by atoms with Crippen LogP contribution in [0.2, 0.25) is 0 Å². The molecule has 0 saturated carbocycles. The summed E-state index contributed by atoms with van der Waals surface area (Å²) in [5.41, 5.74) is 1.67. The molecule has 0 radical (unpaired) electrons. The van der Waals surface area contributed by atoms with Crippen LogP contribution in [0.5, 0.6) is 0 Å². The normalized spacial score (nSPS) is 16.5. The topological polar surface area (TPSA) is 41.1 Å². The zero-order valence-electron chi connectivity index (χ0n) is 9.84. The summed E-state index contributed by atoms with van der Waals surface area (Å²) in [6.07, 6.45) is 1.81. The van der Waals surface area contributed by atoms with Gasteiger partial charge in [0.15, 0.2) is 5.11 Å². The Balaban J connectivity index is 1.89. The highest BCUT2D eigenvalue weighted by molar-refractivity contribution is 7.80. The molecule has 19 heavy (non-hydrogen) atoms. The van der Waals surface area contributed by atoms with Gasteiger partial charge in [0.25, 0.3) is 5.91 Å². The molecule has 3 rings (SSSR count). The van der Waals surface area contributed by atoms with E-state index < -0.39 is 0 Å². The van der Waals surface area contributed by atoms with Gasteiger partial charge in [-0.2, -0.15) is 0 Å². The number of hydrogen-bond donors (Lipinski definition) is 2. The van der Waals surface area contributed by atoms with Crippen LogP contribution in [-0.4, -0.2) is 11.0 Å². The summed E-state index contributed by atoms with van der Waals surface area (Å²) in [7, 11) is 0. The zero-order valence-corrected chi connectivity index (χ0v) is 11.5. The van der Waals surface area contributed by atoms with Crippen LogP contribution in [0.1, 0.15) is 4.88 Å². The van der Waals surface area contributed by atoms with Crippen molar-refractivity contribution in [1.82, 2.24) is 10.6 Å². The number of nitrogens with one attached hydrogen (secondary N) is 2. The van der Waals surface area contributed by atoms with E-state index in [-0.39, 0.29) is 5.91 Å². The summed E-state index contributed by atoms with van der Waals surface area (Å²) in [6.45, 7) is 0. The Kier molecular flexibility index (Phi) is 3.15. The summed E-state index contributed by atoms with van der Waals surface area (Å²) in [4.78, 5) is 13.7. The monoisotopic (exact) mass is 286 g/mol. The molecule has 0 spiro atoms. The first-order valence-electron chi connectivity index (χ1n) is 5.72. The van der Waals surface area contributed by atoms with Crippen molar-refractivity contribution in [2.45, 2.75) is 0 Å². The minimum absolute atomic E-state index is 0.181. The molecule has 1 aliphatic heterocycles. The van der Waals surface area contributed by atoms with Gasteiger partial charge in [-0.3, -0.25) is 10.1 Å². The Hall–Kier alpha value is -1.98. The molecule has 1 aromatic carbocycles. The van der Waals surface area contributed by atoms with Crippen LogP contribution in [0.3, 0.4) is 0 Å². The van der Waals surface area contributed by atoms with Gasteiger partial charge < -0.3 is 5.32 Å². The number of hydrogen-bond acceptors (Lipinski definition) is 3. The van der Waals surface area contributed by atoms with E-state index in [2.05, 4.69) is 28.8 Å². The van der Waals surface area contributed by atoms with Crippen LogP contribution < -0.4 is 10.6 Å². The van der Waals surface area contributed by atoms with Gasteiger partial charge in [0.05, 0.1) is 0 Å². The van der Waals surface area contributed by atoms with E-state index in [9.17, 15) is 4.79 Å². The van der Waals surface area contributed by atoms with Gasteiger partial charge in [-0.05, 0) is 36.0 Å². The molecule has 2 N–H and O–H groups in total. The van der Waals surface area contributed by atoms with Crippen molar-refractivity contribution in [3.63, 3.8) is 0 Å². The summed E-state index contributed by atoms with van der Waals surface area (Å²) in [5, 5.41) is 5.74. The second kappa shape index (κ2) is 4.95. The average Bonchev–Trinajstić information content (AvgIpc) is 2.99. The molecule has 1 saturated heterocycles. The van der Waals surface area contributed by atoms with Crippen LogP contribution in [0, 0.1) is 0 Å². The van der Waals surface area contributed by atoms with Crippen molar-refractivity contribution in [2.75, 3.05) is 0 Å². The van der Waals surface area contributed by atoms with Gasteiger partial charge >= 0.3 is 0 Å². The number of benzene rings is 1. The summed E-state index contributed by atoms with van der Waals surface area (Å²) in [5.74, 6) is -0.181. The third-order valence-corrected chi connectivity index (χ3v) is 3.98. The lowest BCUT2D eigenvalue weighted by molar-refractivity contribution is -0.115. The molecule has 3 nitrogen and oxygen atoms in total. The quantitative estimate of drug-likeness (QED) is 0.659. The number of amides is 1. The van der Waals surface area contributed by atoms with E-state index in [1.165, 1.54) is 10.4 Å². The molecule has 1 aliphatic rings. The average molecular weight is 286 g/mol. The number of thiophene rings is 1. The number of rotatable bonds is 2. The molecule has 0 aliphatic carbocycles. The maximum Gasteiger partial charge on any atom is 0.273 e. The van der Waals surface area contributed by atoms with E-state index in [0.29, 0.717) is 10.8 Å². The zero-order chi connectivity index (χ0) is 13.2. The molecular weight excluding hydrogens is 276 g/mol. The van der Waals surface area contributed by atoms with E-state index in [0.717, 1.165) is 4.88 Å². The Bertz CT molecular complexity index is 674. The highest BCUT2D eigenvalue weighted by atomic mass is 32.1. The van der Waals surface area contributed by atoms with Gasteiger partial charge in [-0.1, -0.05) is 30.3 Å². The molecule has 0 bridgehead atoms. The van der Waals surface area contributed by atoms with Crippen LogP contribution in [-0.2, 0) is 4.79 Å². The van der Waals surface area contributed by atoms with Crippen molar-refractivity contribution in [2.24, 2.45) is 0 Å². The summed E-state index contributed by atoms with van der Waals surface area (Å²) in [6, 6.07) is 14.2. The van der Waals surface area contributed by atoms with E-state index >= 15 is 0 Å². The van der Waals surface area contributed by atoms with E-state index in [1.807, 2.05) is 30.3 Å². The fraction of sp³-hybridized carbons (Fsp3) is 0. The molecule has 2 heterocycles. The Morgan fingerprint density at radius 3 is 2.53 bits per heavy atom. The molecular formula is C14H10N2OS2. The van der Waals surface area contributed by atoms with Crippen molar-refractivity contribution in [1.29, 1.82) is 0 Å². The predicted molar refractivity (Wildman–Crippen MR) is 81.6 cm³/mol. The minimum atomic E-state index is -0.181. The molecule has 0 unspecified atom stereocenters. The molecule has 94 valence electrons. The third kappa shape index (κ3) is 2.57. The van der Waals surface area contributed by atoms with E-state index in [1.54, 1.807) is 11.3 Å². The maximum absolute atomic E-state index is 11.5. The molecule has 1 amide bonds. The van der Waals surface area contributed by atoms with Gasteiger partial charge in [0, 0.05) is 9.75 Å². The number of thiocarbonyl (C=S) groups is 1. The van der Waals surface area contributed by atoms with Gasteiger partial charge in [0.1, 0.15) is 5.70 Å². The fourth-order valence-electron chi connectivity index (χ4n) is 1.81. The van der Waals surface area contributed by atoms with E-state index in [4.69, 9.17) is 12.2 Å². The SMILES string of the molecule is O=C1NC(=S)N/C1=C/c1ccc(-c2ccccc2)s1. The third-order valence-electron chi connectivity index (χ3n) is 2.69. The molecule has 1 fully saturated rings. The minimum Gasteiger partial charge on any atom is -0.328 e. The highest BCUT2D eigenvalue weighted by Gasteiger charge is 2.20. The van der Waals surface area contributed by atoms with Gasteiger partial charge in [-0.25, -0.2) is 0 Å². The molecule has 5 heteroatoms. The number of carbonyl (C=O) groups excluding carboxylic acids is 1. The summed E-state index contributed by atoms with van der Waals surface area (Å²) >= 11 is 6.53. The Morgan fingerprint density at radius 2 is 1.84 bits per heavy atom. The second-order valence-corrected chi connectivity index (χ2v) is 5.56. The smallest absolute Gasteiger partial charge is 0.273 e. The second-order valence-electron chi connectivity index (χ2n) is 4.03. The lowest BCUT2D eigenvalue weighted by Gasteiger charge is -1.95. The van der Waals surface area contributed by atoms with Crippen molar-refractivity contribution in [3.05, 3.63) is 53.0 Å².